The highest BCUT2D eigenvalue weighted by Gasteiger charge is 2.17. The summed E-state index contributed by atoms with van der Waals surface area (Å²) in [6.45, 7) is 7.77. The molecule has 0 aromatic carbocycles. The zero-order valence-corrected chi connectivity index (χ0v) is 8.41. The van der Waals surface area contributed by atoms with Crippen molar-refractivity contribution in [2.75, 3.05) is 13.1 Å². The van der Waals surface area contributed by atoms with Gasteiger partial charge in [-0.1, -0.05) is 6.92 Å². The van der Waals surface area contributed by atoms with E-state index in [2.05, 4.69) is 31.0 Å². The molecule has 0 aromatic rings. The van der Waals surface area contributed by atoms with E-state index in [1.54, 1.807) is 0 Å². The largest absolute Gasteiger partial charge is 0.329 e. The lowest BCUT2D eigenvalue weighted by Gasteiger charge is -2.27. The Bertz CT molecular complexity index is 160. The van der Waals surface area contributed by atoms with Gasteiger partial charge in [-0.25, -0.2) is 0 Å². The van der Waals surface area contributed by atoms with Crippen LogP contribution in [0.3, 0.4) is 0 Å². The lowest BCUT2D eigenvalue weighted by molar-refractivity contribution is 0.357. The number of hydrogen-bond acceptors (Lipinski definition) is 2. The first-order valence-corrected chi connectivity index (χ1v) is 4.53. The van der Waals surface area contributed by atoms with Crippen LogP contribution in [0.1, 0.15) is 33.6 Å². The number of nitrogens with two attached hydrogens (primary N) is 1. The molecule has 0 aliphatic rings. The molecule has 0 aromatic heterocycles. The number of rotatable bonds is 5. The first-order chi connectivity index (χ1) is 5.68. The molecule has 0 radical (unpaired) electrons. The summed E-state index contributed by atoms with van der Waals surface area (Å²) >= 11 is 0. The van der Waals surface area contributed by atoms with Gasteiger partial charge < -0.3 is 11.1 Å². The molecule has 0 aliphatic carbocycles. The molecule has 0 saturated carbocycles. The molecule has 0 amide bonds. The van der Waals surface area contributed by atoms with Gasteiger partial charge in [-0.05, 0) is 20.3 Å². The zero-order valence-electron chi connectivity index (χ0n) is 8.41. The van der Waals surface area contributed by atoms with Gasteiger partial charge in [0.15, 0.2) is 0 Å². The molecule has 12 heavy (non-hydrogen) atoms. The van der Waals surface area contributed by atoms with Gasteiger partial charge in [-0.15, -0.1) is 11.8 Å². The minimum atomic E-state index is 0.0927. The lowest BCUT2D eigenvalue weighted by atomic mass is 9.99. The summed E-state index contributed by atoms with van der Waals surface area (Å²) < 4.78 is 0. The molecule has 2 nitrogen and oxygen atoms in total. The normalized spacial score (nSPS) is 14.7. The van der Waals surface area contributed by atoms with Crippen LogP contribution in [0, 0.1) is 11.8 Å². The predicted molar refractivity (Wildman–Crippen MR) is 53.8 cm³/mol. The van der Waals surface area contributed by atoms with Crippen LogP contribution in [-0.2, 0) is 0 Å². The van der Waals surface area contributed by atoms with Crippen molar-refractivity contribution in [3.8, 4) is 11.8 Å². The van der Waals surface area contributed by atoms with E-state index in [9.17, 15) is 0 Å². The Balaban J connectivity index is 3.63. The highest BCUT2D eigenvalue weighted by atomic mass is 15.0. The smallest absolute Gasteiger partial charge is 0.0273 e. The fraction of sp³-hybridized carbons (Fsp3) is 0.800. The van der Waals surface area contributed by atoms with Crippen LogP contribution in [0.4, 0.5) is 0 Å². The van der Waals surface area contributed by atoms with Crippen LogP contribution in [0.15, 0.2) is 0 Å². The maximum absolute atomic E-state index is 5.63. The Labute approximate surface area is 75.9 Å². The summed E-state index contributed by atoms with van der Waals surface area (Å²) in [7, 11) is 0. The fourth-order valence-corrected chi connectivity index (χ4v) is 0.893. The molecular formula is C10H20N2. The van der Waals surface area contributed by atoms with Crippen LogP contribution < -0.4 is 11.1 Å². The Hall–Kier alpha value is -0.520. The van der Waals surface area contributed by atoms with E-state index in [0.717, 1.165) is 19.4 Å². The van der Waals surface area contributed by atoms with Gasteiger partial charge in [-0.2, -0.15) is 0 Å². The maximum Gasteiger partial charge on any atom is 0.0273 e. The van der Waals surface area contributed by atoms with Crippen LogP contribution in [0.2, 0.25) is 0 Å². The third-order valence-corrected chi connectivity index (χ3v) is 2.21. The topological polar surface area (TPSA) is 38.0 Å². The molecule has 0 bridgehead atoms. The van der Waals surface area contributed by atoms with Gasteiger partial charge in [-0.3, -0.25) is 0 Å². The zero-order chi connectivity index (χ0) is 9.45. The Morgan fingerprint density at radius 1 is 1.50 bits per heavy atom. The first kappa shape index (κ1) is 11.5. The molecule has 0 spiro atoms. The van der Waals surface area contributed by atoms with Crippen LogP contribution in [-0.4, -0.2) is 18.6 Å². The summed E-state index contributed by atoms with van der Waals surface area (Å²) in [5, 5.41) is 3.40. The molecule has 0 fully saturated rings. The summed E-state index contributed by atoms with van der Waals surface area (Å²) in [6.07, 6.45) is 1.97. The summed E-state index contributed by atoms with van der Waals surface area (Å²) in [4.78, 5) is 0. The van der Waals surface area contributed by atoms with Crippen molar-refractivity contribution in [3.05, 3.63) is 0 Å². The van der Waals surface area contributed by atoms with Gasteiger partial charge in [0.05, 0.1) is 0 Å². The van der Waals surface area contributed by atoms with Gasteiger partial charge in [0, 0.05) is 25.0 Å². The van der Waals surface area contributed by atoms with Crippen molar-refractivity contribution in [1.82, 2.24) is 5.32 Å². The quantitative estimate of drug-likeness (QED) is 0.477. The van der Waals surface area contributed by atoms with Crippen molar-refractivity contribution < 1.29 is 0 Å². The molecular weight excluding hydrogens is 148 g/mol. The average Bonchev–Trinajstić information content (AvgIpc) is 2.12. The first-order valence-electron chi connectivity index (χ1n) is 4.53. The van der Waals surface area contributed by atoms with Gasteiger partial charge in [0.2, 0.25) is 0 Å². The molecule has 0 rings (SSSR count). The minimum Gasteiger partial charge on any atom is -0.329 e. The Kier molecular flexibility index (Phi) is 5.79. The van der Waals surface area contributed by atoms with Crippen molar-refractivity contribution >= 4 is 0 Å². The van der Waals surface area contributed by atoms with Crippen molar-refractivity contribution in [2.24, 2.45) is 5.73 Å². The van der Waals surface area contributed by atoms with E-state index in [1.165, 1.54) is 0 Å². The average molecular weight is 168 g/mol. The second-order valence-corrected chi connectivity index (χ2v) is 3.22. The predicted octanol–water partition coefficient (Wildman–Crippen LogP) is 1.12. The van der Waals surface area contributed by atoms with E-state index < -0.39 is 0 Å². The minimum absolute atomic E-state index is 0.0927. The standard InChI is InChI=1S/C10H20N2/c1-4-6-7-8-12-10(3,5-2)9-11/h12H,5,7-9,11H2,1-3H3. The molecule has 0 aliphatic heterocycles. The van der Waals surface area contributed by atoms with Gasteiger partial charge >= 0.3 is 0 Å². The monoisotopic (exact) mass is 168 g/mol. The maximum atomic E-state index is 5.63. The van der Waals surface area contributed by atoms with E-state index in [4.69, 9.17) is 5.73 Å². The number of hydrogen-bond donors (Lipinski definition) is 2. The second-order valence-electron chi connectivity index (χ2n) is 3.22. The van der Waals surface area contributed by atoms with E-state index >= 15 is 0 Å². The van der Waals surface area contributed by atoms with Crippen molar-refractivity contribution in [1.29, 1.82) is 0 Å². The SMILES string of the molecule is CC#CCCNC(C)(CC)CN. The molecule has 70 valence electrons. The van der Waals surface area contributed by atoms with Crippen molar-refractivity contribution in [2.45, 2.75) is 39.2 Å². The van der Waals surface area contributed by atoms with E-state index in [-0.39, 0.29) is 5.54 Å². The third-order valence-electron chi connectivity index (χ3n) is 2.21. The molecule has 2 heteroatoms. The highest BCUT2D eigenvalue weighted by molar-refractivity contribution is 4.96. The summed E-state index contributed by atoms with van der Waals surface area (Å²) in [6, 6.07) is 0. The lowest BCUT2D eigenvalue weighted by Crippen LogP contribution is -2.48. The van der Waals surface area contributed by atoms with Crippen LogP contribution in [0.5, 0.6) is 0 Å². The second kappa shape index (κ2) is 6.05. The van der Waals surface area contributed by atoms with Gasteiger partial charge in [0.25, 0.3) is 0 Å². The van der Waals surface area contributed by atoms with Crippen LogP contribution >= 0.6 is 0 Å². The number of nitrogens with one attached hydrogen (secondary N) is 1. The Morgan fingerprint density at radius 3 is 2.58 bits per heavy atom. The molecule has 1 unspecified atom stereocenters. The Morgan fingerprint density at radius 2 is 2.17 bits per heavy atom. The fourth-order valence-electron chi connectivity index (χ4n) is 0.893. The van der Waals surface area contributed by atoms with Gasteiger partial charge in [0.1, 0.15) is 0 Å². The molecule has 0 saturated heterocycles. The van der Waals surface area contributed by atoms with E-state index in [0.29, 0.717) is 6.54 Å². The molecule has 0 heterocycles. The summed E-state index contributed by atoms with van der Waals surface area (Å²) in [5.74, 6) is 5.88. The molecule has 3 N–H and O–H groups in total. The third kappa shape index (κ3) is 4.38. The molecule has 1 atom stereocenters. The van der Waals surface area contributed by atoms with Crippen molar-refractivity contribution in [3.63, 3.8) is 0 Å². The van der Waals surface area contributed by atoms with E-state index in [1.807, 2.05) is 6.92 Å². The van der Waals surface area contributed by atoms with Crippen LogP contribution in [0.25, 0.3) is 0 Å². The summed E-state index contributed by atoms with van der Waals surface area (Å²) in [5.41, 5.74) is 5.73. The highest BCUT2D eigenvalue weighted by Crippen LogP contribution is 2.05.